The molecule has 0 saturated heterocycles. The number of hydrogen-bond acceptors (Lipinski definition) is 7. The zero-order chi connectivity index (χ0) is 21.3. The Morgan fingerprint density at radius 3 is 2.70 bits per heavy atom. The van der Waals surface area contributed by atoms with Gasteiger partial charge in [-0.25, -0.2) is 4.98 Å². The van der Waals surface area contributed by atoms with Gasteiger partial charge in [-0.2, -0.15) is 5.26 Å². The lowest BCUT2D eigenvalue weighted by molar-refractivity contribution is 0.101. The Morgan fingerprint density at radius 2 is 2.00 bits per heavy atom. The highest BCUT2D eigenvalue weighted by molar-refractivity contribution is 7.11. The Labute approximate surface area is 186 Å². The van der Waals surface area contributed by atoms with Crippen LogP contribution < -0.4 is 14.8 Å². The van der Waals surface area contributed by atoms with Gasteiger partial charge in [0, 0.05) is 28.8 Å². The highest BCUT2D eigenvalue weighted by Gasteiger charge is 2.19. The first-order valence-electron chi connectivity index (χ1n) is 8.69. The standard InChI is InChI=1S/C21H13Cl2N3O3S/c1-11(27)14-5-19-20(29-10-28-19)6-17(14)25-8-13(7-24)21-26-18(9-30-21)12-2-3-15(22)16(23)4-12/h2-6,8-9,25H,10H2,1H3/b13-8+. The number of carbonyl (C=O) groups excluding carboxylic acids is 1. The lowest BCUT2D eigenvalue weighted by Gasteiger charge is -2.09. The molecule has 0 amide bonds. The summed E-state index contributed by atoms with van der Waals surface area (Å²) < 4.78 is 10.7. The molecule has 0 saturated carbocycles. The van der Waals surface area contributed by atoms with Crippen LogP contribution in [0.4, 0.5) is 5.69 Å². The van der Waals surface area contributed by atoms with Gasteiger partial charge < -0.3 is 14.8 Å². The van der Waals surface area contributed by atoms with Gasteiger partial charge in [-0.3, -0.25) is 4.79 Å². The Hall–Kier alpha value is -3.05. The number of hydrogen-bond donors (Lipinski definition) is 1. The van der Waals surface area contributed by atoms with Gasteiger partial charge in [-0.05, 0) is 25.1 Å². The molecule has 0 spiro atoms. The van der Waals surface area contributed by atoms with Crippen molar-refractivity contribution in [1.82, 2.24) is 4.98 Å². The molecule has 3 aromatic rings. The van der Waals surface area contributed by atoms with Gasteiger partial charge in [-0.1, -0.05) is 29.3 Å². The number of allylic oxidation sites excluding steroid dienone is 1. The second-order valence-electron chi connectivity index (χ2n) is 6.29. The molecule has 0 fully saturated rings. The zero-order valence-corrected chi connectivity index (χ0v) is 17.9. The molecule has 0 bridgehead atoms. The van der Waals surface area contributed by atoms with Gasteiger partial charge in [0.05, 0.1) is 21.4 Å². The molecular formula is C21H13Cl2N3O3S. The van der Waals surface area contributed by atoms with Crippen LogP contribution in [0, 0.1) is 11.3 Å². The molecule has 0 unspecified atom stereocenters. The Kier molecular flexibility index (Phi) is 5.64. The number of nitriles is 1. The van der Waals surface area contributed by atoms with Gasteiger partial charge in [-0.15, -0.1) is 11.3 Å². The van der Waals surface area contributed by atoms with Crippen LogP contribution in [0.1, 0.15) is 22.3 Å². The molecular weight excluding hydrogens is 445 g/mol. The van der Waals surface area contributed by atoms with Crippen LogP contribution in [-0.4, -0.2) is 17.6 Å². The molecule has 1 aliphatic rings. The highest BCUT2D eigenvalue weighted by Crippen LogP contribution is 2.37. The summed E-state index contributed by atoms with van der Waals surface area (Å²) in [5, 5.41) is 15.9. The van der Waals surface area contributed by atoms with Crippen molar-refractivity contribution in [3.8, 4) is 28.8 Å². The van der Waals surface area contributed by atoms with E-state index in [0.717, 1.165) is 5.56 Å². The summed E-state index contributed by atoms with van der Waals surface area (Å²) in [6.07, 6.45) is 1.52. The second kappa shape index (κ2) is 8.36. The van der Waals surface area contributed by atoms with Crippen molar-refractivity contribution in [3.05, 3.63) is 62.5 Å². The number of rotatable bonds is 5. The quantitative estimate of drug-likeness (QED) is 0.372. The lowest BCUT2D eigenvalue weighted by Crippen LogP contribution is -2.00. The molecule has 0 radical (unpaired) electrons. The normalized spacial score (nSPS) is 12.5. The number of nitrogens with zero attached hydrogens (tertiary/aromatic N) is 2. The highest BCUT2D eigenvalue weighted by atomic mass is 35.5. The van der Waals surface area contributed by atoms with E-state index in [-0.39, 0.29) is 12.6 Å². The molecule has 1 aromatic heterocycles. The number of ether oxygens (including phenoxy) is 2. The van der Waals surface area contributed by atoms with Crippen LogP contribution in [0.2, 0.25) is 10.0 Å². The number of benzene rings is 2. The average molecular weight is 458 g/mol. The maximum atomic E-state index is 12.0. The molecule has 1 N–H and O–H groups in total. The molecule has 0 atom stereocenters. The third-order valence-electron chi connectivity index (χ3n) is 4.33. The van der Waals surface area contributed by atoms with Crippen LogP contribution in [0.15, 0.2) is 41.9 Å². The average Bonchev–Trinajstić information content (AvgIpc) is 3.39. The second-order valence-corrected chi connectivity index (χ2v) is 7.96. The predicted octanol–water partition coefficient (Wildman–Crippen LogP) is 6.02. The molecule has 4 rings (SSSR count). The van der Waals surface area contributed by atoms with Gasteiger partial charge in [0.1, 0.15) is 16.6 Å². The van der Waals surface area contributed by atoms with Crippen LogP contribution >= 0.6 is 34.5 Å². The van der Waals surface area contributed by atoms with Crippen molar-refractivity contribution in [2.45, 2.75) is 6.92 Å². The fourth-order valence-corrected chi connectivity index (χ4v) is 3.92. The Bertz CT molecular complexity index is 1230. The Morgan fingerprint density at radius 1 is 1.23 bits per heavy atom. The van der Waals surface area contributed by atoms with Gasteiger partial charge in [0.2, 0.25) is 6.79 Å². The van der Waals surface area contributed by atoms with Crippen molar-refractivity contribution in [3.63, 3.8) is 0 Å². The number of anilines is 1. The lowest BCUT2D eigenvalue weighted by atomic mass is 10.1. The van der Waals surface area contributed by atoms with Gasteiger partial charge in [0.25, 0.3) is 0 Å². The number of halogens is 2. The topological polar surface area (TPSA) is 84.2 Å². The maximum absolute atomic E-state index is 12.0. The summed E-state index contributed by atoms with van der Waals surface area (Å²) in [4.78, 5) is 16.5. The molecule has 150 valence electrons. The Balaban J connectivity index is 1.63. The first-order chi connectivity index (χ1) is 14.5. The third kappa shape index (κ3) is 3.98. The monoisotopic (exact) mass is 457 g/mol. The SMILES string of the molecule is CC(=O)c1cc2c(cc1N/C=C(\C#N)c1nc(-c3ccc(Cl)c(Cl)c3)cs1)OCO2. The molecule has 6 nitrogen and oxygen atoms in total. The number of carbonyl (C=O) groups is 1. The van der Waals surface area contributed by atoms with Crippen molar-refractivity contribution in [1.29, 1.82) is 5.26 Å². The summed E-state index contributed by atoms with van der Waals surface area (Å²) in [5.41, 5.74) is 2.75. The van der Waals surface area contributed by atoms with E-state index < -0.39 is 0 Å². The van der Waals surface area contributed by atoms with E-state index in [4.69, 9.17) is 32.7 Å². The zero-order valence-electron chi connectivity index (χ0n) is 15.5. The van der Waals surface area contributed by atoms with E-state index in [1.54, 1.807) is 24.3 Å². The molecule has 2 aromatic carbocycles. The fraction of sp³-hybridized carbons (Fsp3) is 0.0952. The molecule has 1 aliphatic heterocycles. The minimum Gasteiger partial charge on any atom is -0.454 e. The van der Waals surface area contributed by atoms with Crippen LogP contribution in [0.3, 0.4) is 0 Å². The van der Waals surface area contributed by atoms with Crippen LogP contribution in [0.25, 0.3) is 16.8 Å². The summed E-state index contributed by atoms with van der Waals surface area (Å²) in [6.45, 7) is 1.56. The minimum atomic E-state index is -0.140. The first kappa shape index (κ1) is 20.2. The van der Waals surface area contributed by atoms with E-state index in [2.05, 4.69) is 16.4 Å². The molecule has 2 heterocycles. The molecule has 9 heteroatoms. The maximum Gasteiger partial charge on any atom is 0.231 e. The number of Topliss-reactive ketones (excluding diaryl/α,β-unsaturated/α-hetero) is 1. The van der Waals surface area contributed by atoms with Crippen molar-refractivity contribution in [2.75, 3.05) is 12.1 Å². The van der Waals surface area contributed by atoms with E-state index in [1.807, 2.05) is 11.4 Å². The van der Waals surface area contributed by atoms with E-state index in [0.29, 0.717) is 49.1 Å². The summed E-state index contributed by atoms with van der Waals surface area (Å²) in [6, 6.07) is 10.7. The number of nitrogens with one attached hydrogen (secondary N) is 1. The first-order valence-corrected chi connectivity index (χ1v) is 10.3. The number of thiazole rings is 1. The summed E-state index contributed by atoms with van der Waals surface area (Å²) >= 11 is 13.4. The number of aromatic nitrogens is 1. The van der Waals surface area contributed by atoms with E-state index >= 15 is 0 Å². The van der Waals surface area contributed by atoms with E-state index in [1.165, 1.54) is 24.5 Å². The third-order valence-corrected chi connectivity index (χ3v) is 5.95. The van der Waals surface area contributed by atoms with E-state index in [9.17, 15) is 10.1 Å². The van der Waals surface area contributed by atoms with Crippen LogP contribution in [-0.2, 0) is 0 Å². The number of fused-ring (bicyclic) bond motifs is 1. The van der Waals surface area contributed by atoms with Crippen molar-refractivity contribution >= 4 is 51.6 Å². The van der Waals surface area contributed by atoms with Crippen molar-refractivity contribution in [2.24, 2.45) is 0 Å². The smallest absolute Gasteiger partial charge is 0.231 e. The summed E-state index contributed by atoms with van der Waals surface area (Å²) in [7, 11) is 0. The van der Waals surface area contributed by atoms with Gasteiger partial charge >= 0.3 is 0 Å². The fourth-order valence-electron chi connectivity index (χ4n) is 2.83. The predicted molar refractivity (Wildman–Crippen MR) is 117 cm³/mol. The van der Waals surface area contributed by atoms with Crippen LogP contribution in [0.5, 0.6) is 11.5 Å². The number of ketones is 1. The molecule has 30 heavy (non-hydrogen) atoms. The summed E-state index contributed by atoms with van der Waals surface area (Å²) in [5.74, 6) is 0.908. The largest absolute Gasteiger partial charge is 0.454 e. The minimum absolute atomic E-state index is 0.103. The van der Waals surface area contributed by atoms with Crippen molar-refractivity contribution < 1.29 is 14.3 Å². The van der Waals surface area contributed by atoms with Gasteiger partial charge in [0.15, 0.2) is 17.3 Å². The molecule has 0 aliphatic carbocycles.